The highest BCUT2D eigenvalue weighted by Gasteiger charge is 2.37. The number of hydrogen-bond acceptors (Lipinski definition) is 3. The van der Waals surface area contributed by atoms with Crippen molar-refractivity contribution in [3.8, 4) is 0 Å². The number of aliphatic hydroxyl groups is 2. The summed E-state index contributed by atoms with van der Waals surface area (Å²) in [5.74, 6) is 0. The Bertz CT molecular complexity index is 766. The topological polar surface area (TPSA) is 43.7 Å². The van der Waals surface area contributed by atoms with E-state index in [4.69, 9.17) is 0 Å². The van der Waals surface area contributed by atoms with Gasteiger partial charge in [-0.25, -0.2) is 0 Å². The molecule has 2 aromatic carbocycles. The molecule has 2 aromatic rings. The Balaban J connectivity index is 1.63. The molecule has 0 radical (unpaired) electrons. The number of halogens is 3. The summed E-state index contributed by atoms with van der Waals surface area (Å²) in [6.07, 6.45) is -4.40. The molecule has 1 fully saturated rings. The quantitative estimate of drug-likeness (QED) is 0.843. The fourth-order valence-electron chi connectivity index (χ4n) is 3.52. The van der Waals surface area contributed by atoms with Crippen molar-refractivity contribution >= 4 is 0 Å². The molecule has 0 spiro atoms. The first-order chi connectivity index (χ1) is 12.7. The predicted molar refractivity (Wildman–Crippen MR) is 97.2 cm³/mol. The summed E-state index contributed by atoms with van der Waals surface area (Å²) in [7, 11) is 0. The summed E-state index contributed by atoms with van der Waals surface area (Å²) < 4.78 is 38.8. The van der Waals surface area contributed by atoms with Crippen molar-refractivity contribution in [3.63, 3.8) is 0 Å². The molecular weight excluding hydrogens is 355 g/mol. The van der Waals surface area contributed by atoms with Crippen LogP contribution in [0.25, 0.3) is 0 Å². The predicted octanol–water partition coefficient (Wildman–Crippen LogP) is 4.03. The molecule has 2 N–H and O–H groups in total. The van der Waals surface area contributed by atoms with E-state index in [0.29, 0.717) is 38.0 Å². The van der Waals surface area contributed by atoms with E-state index in [2.05, 4.69) is 0 Å². The van der Waals surface area contributed by atoms with E-state index in [1.54, 1.807) is 6.07 Å². The monoisotopic (exact) mass is 379 g/mol. The van der Waals surface area contributed by atoms with Crippen LogP contribution in [0.2, 0.25) is 0 Å². The number of piperidine rings is 1. The molecule has 3 rings (SSSR count). The number of hydrogen-bond donors (Lipinski definition) is 2. The molecule has 3 nitrogen and oxygen atoms in total. The Morgan fingerprint density at radius 1 is 1.07 bits per heavy atom. The van der Waals surface area contributed by atoms with Gasteiger partial charge in [0.15, 0.2) is 0 Å². The lowest BCUT2D eigenvalue weighted by molar-refractivity contribution is -0.137. The van der Waals surface area contributed by atoms with E-state index in [9.17, 15) is 23.4 Å². The summed E-state index contributed by atoms with van der Waals surface area (Å²) in [6.45, 7) is 3.43. The summed E-state index contributed by atoms with van der Waals surface area (Å²) in [4.78, 5) is 2.03. The van der Waals surface area contributed by atoms with Crippen LogP contribution in [0.5, 0.6) is 0 Å². The Morgan fingerprint density at radius 3 is 2.30 bits per heavy atom. The summed E-state index contributed by atoms with van der Waals surface area (Å²) >= 11 is 0. The third kappa shape index (κ3) is 4.69. The molecule has 0 aromatic heterocycles. The fraction of sp³-hybridized carbons (Fsp3) is 0.429. The molecule has 1 atom stereocenters. The Kier molecular flexibility index (Phi) is 5.60. The second kappa shape index (κ2) is 7.62. The molecule has 1 aliphatic heterocycles. The lowest BCUT2D eigenvalue weighted by atomic mass is 9.83. The van der Waals surface area contributed by atoms with Crippen molar-refractivity contribution in [1.29, 1.82) is 0 Å². The van der Waals surface area contributed by atoms with Crippen molar-refractivity contribution < 1.29 is 23.4 Å². The minimum Gasteiger partial charge on any atom is -0.387 e. The Morgan fingerprint density at radius 2 is 1.70 bits per heavy atom. The average Bonchev–Trinajstić information content (AvgIpc) is 2.64. The number of β-amino-alcohol motifs (C(OH)–C–C–N with tert-alkyl or cyclic N) is 1. The van der Waals surface area contributed by atoms with Crippen LogP contribution in [-0.4, -0.2) is 34.7 Å². The second-order valence-corrected chi connectivity index (χ2v) is 7.34. The van der Waals surface area contributed by atoms with Crippen molar-refractivity contribution in [1.82, 2.24) is 4.90 Å². The van der Waals surface area contributed by atoms with Crippen LogP contribution in [0.4, 0.5) is 13.2 Å². The van der Waals surface area contributed by atoms with Gasteiger partial charge in [0, 0.05) is 19.6 Å². The molecular formula is C21H24F3NO2. The van der Waals surface area contributed by atoms with Crippen LogP contribution in [0, 0.1) is 6.92 Å². The molecule has 6 heteroatoms. The van der Waals surface area contributed by atoms with E-state index in [1.165, 1.54) is 6.07 Å². The van der Waals surface area contributed by atoms with Gasteiger partial charge in [-0.05, 0) is 43.0 Å². The van der Waals surface area contributed by atoms with Gasteiger partial charge in [0.25, 0.3) is 0 Å². The Hall–Kier alpha value is -1.89. The van der Waals surface area contributed by atoms with Gasteiger partial charge in [0.2, 0.25) is 0 Å². The summed E-state index contributed by atoms with van der Waals surface area (Å²) in [5.41, 5.74) is 0.239. The van der Waals surface area contributed by atoms with Crippen molar-refractivity contribution in [2.75, 3.05) is 19.6 Å². The summed E-state index contributed by atoms with van der Waals surface area (Å²) in [6, 6.07) is 12.6. The second-order valence-electron chi connectivity index (χ2n) is 7.34. The van der Waals surface area contributed by atoms with Crippen molar-refractivity contribution in [2.45, 2.75) is 37.6 Å². The van der Waals surface area contributed by atoms with Gasteiger partial charge < -0.3 is 15.1 Å². The number of benzene rings is 2. The highest BCUT2D eigenvalue weighted by molar-refractivity contribution is 5.30. The molecule has 0 aliphatic carbocycles. The molecule has 1 saturated heterocycles. The van der Waals surface area contributed by atoms with Gasteiger partial charge in [-0.3, -0.25) is 0 Å². The minimum absolute atomic E-state index is 0.302. The van der Waals surface area contributed by atoms with Crippen molar-refractivity contribution in [3.05, 3.63) is 70.8 Å². The highest BCUT2D eigenvalue weighted by Crippen LogP contribution is 2.37. The molecule has 0 saturated carbocycles. The normalized spacial score (nSPS) is 19.0. The van der Waals surface area contributed by atoms with E-state index in [1.807, 2.05) is 36.1 Å². The fourth-order valence-corrected chi connectivity index (χ4v) is 3.52. The number of rotatable bonds is 4. The molecule has 0 amide bonds. The lowest BCUT2D eigenvalue weighted by Crippen LogP contribution is -2.44. The maximum absolute atomic E-state index is 12.9. The van der Waals surface area contributed by atoms with Crippen molar-refractivity contribution in [2.24, 2.45) is 0 Å². The Labute approximate surface area is 157 Å². The molecule has 0 unspecified atom stereocenters. The largest absolute Gasteiger partial charge is 0.416 e. The third-order valence-electron chi connectivity index (χ3n) is 5.30. The zero-order valence-corrected chi connectivity index (χ0v) is 15.2. The minimum atomic E-state index is -4.43. The van der Waals surface area contributed by atoms with E-state index in [0.717, 1.165) is 23.3 Å². The first-order valence-electron chi connectivity index (χ1n) is 9.04. The van der Waals surface area contributed by atoms with Crippen LogP contribution in [0.3, 0.4) is 0 Å². The smallest absolute Gasteiger partial charge is 0.387 e. The molecule has 27 heavy (non-hydrogen) atoms. The average molecular weight is 379 g/mol. The van der Waals surface area contributed by atoms with Crippen LogP contribution < -0.4 is 0 Å². The number of alkyl halides is 3. The number of nitrogens with zero attached hydrogens (tertiary/aromatic N) is 1. The van der Waals surface area contributed by atoms with Gasteiger partial charge in [0.05, 0.1) is 17.3 Å². The first-order valence-corrected chi connectivity index (χ1v) is 9.04. The lowest BCUT2D eigenvalue weighted by Gasteiger charge is -2.39. The maximum atomic E-state index is 12.9. The SMILES string of the molecule is Cc1ccc([C@@H](O)CN2CCC(O)(c3cccc(C(F)(F)F)c3)CC2)cc1. The molecule has 146 valence electrons. The number of aryl methyl sites for hydroxylation is 1. The van der Waals surface area contributed by atoms with Crippen LogP contribution >= 0.6 is 0 Å². The number of aliphatic hydroxyl groups excluding tert-OH is 1. The van der Waals surface area contributed by atoms with E-state index >= 15 is 0 Å². The summed E-state index contributed by atoms with van der Waals surface area (Å²) in [5, 5.41) is 21.3. The zero-order chi connectivity index (χ0) is 19.7. The van der Waals surface area contributed by atoms with Gasteiger partial charge in [0.1, 0.15) is 0 Å². The molecule has 0 bridgehead atoms. The van der Waals surface area contributed by atoms with Crippen LogP contribution in [0.1, 0.15) is 41.2 Å². The molecule has 1 heterocycles. The zero-order valence-electron chi connectivity index (χ0n) is 15.2. The standard InChI is InChI=1S/C21H24F3NO2/c1-15-5-7-16(8-6-15)19(26)14-25-11-9-20(27,10-12-25)17-3-2-4-18(13-17)21(22,23)24/h2-8,13,19,26-27H,9-12,14H2,1H3/t19-/m0/s1. The van der Waals surface area contributed by atoms with Gasteiger partial charge in [-0.1, -0.05) is 42.0 Å². The van der Waals surface area contributed by atoms with E-state index < -0.39 is 23.4 Å². The highest BCUT2D eigenvalue weighted by atomic mass is 19.4. The van der Waals surface area contributed by atoms with Gasteiger partial charge in [-0.15, -0.1) is 0 Å². The third-order valence-corrected chi connectivity index (χ3v) is 5.30. The van der Waals surface area contributed by atoms with E-state index in [-0.39, 0.29) is 0 Å². The first kappa shape index (κ1) is 19.9. The van der Waals surface area contributed by atoms with Gasteiger partial charge >= 0.3 is 6.18 Å². The maximum Gasteiger partial charge on any atom is 0.416 e. The van der Waals surface area contributed by atoms with Gasteiger partial charge in [-0.2, -0.15) is 13.2 Å². The van der Waals surface area contributed by atoms with Crippen LogP contribution in [0.15, 0.2) is 48.5 Å². The molecule has 1 aliphatic rings. The van der Waals surface area contributed by atoms with Crippen LogP contribution in [-0.2, 0) is 11.8 Å². The number of likely N-dealkylation sites (tertiary alicyclic amines) is 1.